The highest BCUT2D eigenvalue weighted by atomic mass is 32.2. The monoisotopic (exact) mass is 438 g/mol. The summed E-state index contributed by atoms with van der Waals surface area (Å²) in [5.41, 5.74) is 1.35. The molecule has 8 heteroatoms. The molecule has 158 valence electrons. The van der Waals surface area contributed by atoms with Gasteiger partial charge in [0.05, 0.1) is 12.0 Å². The van der Waals surface area contributed by atoms with Crippen molar-refractivity contribution in [2.45, 2.75) is 16.5 Å². The number of oxazole rings is 1. The molecule has 3 aromatic carbocycles. The van der Waals surface area contributed by atoms with E-state index in [0.717, 1.165) is 5.56 Å². The molecule has 0 fully saturated rings. The molecule has 0 bridgehead atoms. The molecule has 0 unspecified atom stereocenters. The first kappa shape index (κ1) is 20.6. The van der Waals surface area contributed by atoms with Crippen LogP contribution in [0.5, 0.6) is 5.75 Å². The molecule has 1 N–H and O–H groups in total. The Morgan fingerprint density at radius 1 is 0.968 bits per heavy atom. The lowest BCUT2D eigenvalue weighted by Gasteiger charge is -2.07. The number of anilines is 1. The minimum Gasteiger partial charge on any atom is -0.497 e. The molecular formula is C23H19FN2O4S. The standard InChI is InChI=1S/C23H19FN2O4S/c1-29-19-13-7-16(8-14-19)15-25-22-23(31(27,28)20-5-3-2-4-6-20)26-21(30-22)17-9-11-18(24)12-10-17/h2-14,25H,15H2,1H3. The Morgan fingerprint density at radius 2 is 1.65 bits per heavy atom. The number of sulfone groups is 1. The first-order chi connectivity index (χ1) is 15.0. The van der Waals surface area contributed by atoms with E-state index in [1.807, 2.05) is 24.3 Å². The Hall–Kier alpha value is -3.65. The molecule has 4 rings (SSSR count). The average molecular weight is 438 g/mol. The maximum absolute atomic E-state index is 13.3. The molecule has 0 aliphatic rings. The van der Waals surface area contributed by atoms with Crippen molar-refractivity contribution in [3.63, 3.8) is 0 Å². The van der Waals surface area contributed by atoms with Crippen LogP contribution in [-0.2, 0) is 16.4 Å². The van der Waals surface area contributed by atoms with Gasteiger partial charge in [0.1, 0.15) is 11.6 Å². The zero-order valence-corrected chi connectivity index (χ0v) is 17.4. The summed E-state index contributed by atoms with van der Waals surface area (Å²) in [6.07, 6.45) is 0. The number of nitrogens with zero attached hydrogens (tertiary/aromatic N) is 1. The average Bonchev–Trinajstić information content (AvgIpc) is 3.24. The van der Waals surface area contributed by atoms with Gasteiger partial charge < -0.3 is 14.5 Å². The van der Waals surface area contributed by atoms with Crippen molar-refractivity contribution in [3.05, 3.63) is 90.2 Å². The minimum absolute atomic E-state index is 0.0130. The smallest absolute Gasteiger partial charge is 0.234 e. The lowest BCUT2D eigenvalue weighted by atomic mass is 10.2. The van der Waals surface area contributed by atoms with Crippen LogP contribution in [0.15, 0.2) is 93.2 Å². The van der Waals surface area contributed by atoms with Gasteiger partial charge >= 0.3 is 0 Å². The van der Waals surface area contributed by atoms with E-state index in [0.29, 0.717) is 17.9 Å². The third kappa shape index (κ3) is 4.44. The Labute approximate surface area is 179 Å². The molecule has 1 aromatic heterocycles. The first-order valence-corrected chi connectivity index (χ1v) is 10.9. The summed E-state index contributed by atoms with van der Waals surface area (Å²) in [5, 5.41) is 2.79. The quantitative estimate of drug-likeness (QED) is 0.440. The molecule has 0 aliphatic heterocycles. The van der Waals surface area contributed by atoms with Crippen LogP contribution in [0, 0.1) is 5.82 Å². The summed E-state index contributed by atoms with van der Waals surface area (Å²) < 4.78 is 50.6. The van der Waals surface area contributed by atoms with Gasteiger partial charge in [-0.3, -0.25) is 0 Å². The predicted octanol–water partition coefficient (Wildman–Crippen LogP) is 4.93. The van der Waals surface area contributed by atoms with Gasteiger partial charge in [0.15, 0.2) is 0 Å². The molecule has 0 aliphatic carbocycles. The summed E-state index contributed by atoms with van der Waals surface area (Å²) >= 11 is 0. The number of halogens is 1. The number of ether oxygens (including phenoxy) is 1. The van der Waals surface area contributed by atoms with Crippen molar-refractivity contribution in [2.24, 2.45) is 0 Å². The van der Waals surface area contributed by atoms with E-state index in [-0.39, 0.29) is 21.7 Å². The molecule has 0 saturated carbocycles. The van der Waals surface area contributed by atoms with Gasteiger partial charge in [-0.15, -0.1) is 0 Å². The van der Waals surface area contributed by atoms with Crippen molar-refractivity contribution in [2.75, 3.05) is 12.4 Å². The molecular weight excluding hydrogens is 419 g/mol. The summed E-state index contributed by atoms with van der Waals surface area (Å²) in [6, 6.07) is 20.8. The van der Waals surface area contributed by atoms with E-state index in [9.17, 15) is 12.8 Å². The second kappa shape index (κ2) is 8.61. The Morgan fingerprint density at radius 3 is 2.29 bits per heavy atom. The molecule has 0 amide bonds. The third-order valence-corrected chi connectivity index (χ3v) is 6.29. The van der Waals surface area contributed by atoms with Crippen molar-refractivity contribution >= 4 is 15.7 Å². The Bertz CT molecular complexity index is 1270. The second-order valence-electron chi connectivity index (χ2n) is 6.68. The maximum Gasteiger partial charge on any atom is 0.234 e. The van der Waals surface area contributed by atoms with Crippen molar-refractivity contribution < 1.29 is 22.0 Å². The van der Waals surface area contributed by atoms with E-state index in [2.05, 4.69) is 10.3 Å². The predicted molar refractivity (Wildman–Crippen MR) is 114 cm³/mol. The number of aromatic nitrogens is 1. The second-order valence-corrected chi connectivity index (χ2v) is 8.54. The molecule has 6 nitrogen and oxygen atoms in total. The van der Waals surface area contributed by atoms with Crippen molar-refractivity contribution in [3.8, 4) is 17.2 Å². The molecule has 31 heavy (non-hydrogen) atoms. The molecule has 0 spiro atoms. The largest absolute Gasteiger partial charge is 0.497 e. The molecule has 1 heterocycles. The van der Waals surface area contributed by atoms with Crippen LogP contribution >= 0.6 is 0 Å². The maximum atomic E-state index is 13.3. The zero-order chi connectivity index (χ0) is 21.8. The molecule has 4 aromatic rings. The lowest BCUT2D eigenvalue weighted by Crippen LogP contribution is -2.07. The Balaban J connectivity index is 1.71. The summed E-state index contributed by atoms with van der Waals surface area (Å²) in [4.78, 5) is 4.34. The number of hydrogen-bond donors (Lipinski definition) is 1. The Kier molecular flexibility index (Phi) is 5.73. The fourth-order valence-electron chi connectivity index (χ4n) is 2.95. The van der Waals surface area contributed by atoms with Crippen LogP contribution < -0.4 is 10.1 Å². The van der Waals surface area contributed by atoms with Crippen LogP contribution in [0.3, 0.4) is 0 Å². The minimum atomic E-state index is -3.94. The third-order valence-electron chi connectivity index (χ3n) is 4.61. The van der Waals surface area contributed by atoms with Gasteiger partial charge in [-0.1, -0.05) is 30.3 Å². The first-order valence-electron chi connectivity index (χ1n) is 9.41. The van der Waals surface area contributed by atoms with Crippen LogP contribution in [0.25, 0.3) is 11.5 Å². The van der Waals surface area contributed by atoms with E-state index >= 15 is 0 Å². The topological polar surface area (TPSA) is 81.4 Å². The van der Waals surface area contributed by atoms with Gasteiger partial charge in [0.2, 0.25) is 26.6 Å². The summed E-state index contributed by atoms with van der Waals surface area (Å²) in [7, 11) is -2.36. The van der Waals surface area contributed by atoms with Gasteiger partial charge in [-0.2, -0.15) is 4.98 Å². The molecule has 0 radical (unpaired) electrons. The van der Waals surface area contributed by atoms with Gasteiger partial charge in [-0.25, -0.2) is 12.8 Å². The SMILES string of the molecule is COc1ccc(CNc2oc(-c3ccc(F)cc3)nc2S(=O)(=O)c2ccccc2)cc1. The van der Waals surface area contributed by atoms with E-state index in [1.165, 1.54) is 36.4 Å². The van der Waals surface area contributed by atoms with Crippen molar-refractivity contribution in [1.29, 1.82) is 0 Å². The number of rotatable bonds is 7. The van der Waals surface area contributed by atoms with Gasteiger partial charge in [-0.05, 0) is 54.1 Å². The normalized spacial score (nSPS) is 11.3. The number of methoxy groups -OCH3 is 1. The van der Waals surface area contributed by atoms with Gasteiger partial charge in [0.25, 0.3) is 0 Å². The highest BCUT2D eigenvalue weighted by Gasteiger charge is 2.28. The van der Waals surface area contributed by atoms with Crippen LogP contribution in [0.2, 0.25) is 0 Å². The van der Waals surface area contributed by atoms with Crippen LogP contribution in [-0.4, -0.2) is 20.5 Å². The number of nitrogens with one attached hydrogen (secondary N) is 1. The molecule has 0 atom stereocenters. The van der Waals surface area contributed by atoms with Crippen molar-refractivity contribution in [1.82, 2.24) is 4.98 Å². The van der Waals surface area contributed by atoms with E-state index in [1.54, 1.807) is 25.3 Å². The molecule has 0 saturated heterocycles. The lowest BCUT2D eigenvalue weighted by molar-refractivity contribution is 0.414. The summed E-state index contributed by atoms with van der Waals surface area (Å²) in [5.74, 6) is 0.394. The van der Waals surface area contributed by atoms with Crippen LogP contribution in [0.4, 0.5) is 10.3 Å². The fraction of sp³-hybridized carbons (Fsp3) is 0.0870. The number of benzene rings is 3. The summed E-state index contributed by atoms with van der Waals surface area (Å²) in [6.45, 7) is 0.305. The van der Waals surface area contributed by atoms with E-state index < -0.39 is 15.7 Å². The zero-order valence-electron chi connectivity index (χ0n) is 16.6. The number of hydrogen-bond acceptors (Lipinski definition) is 6. The highest BCUT2D eigenvalue weighted by Crippen LogP contribution is 2.32. The highest BCUT2D eigenvalue weighted by molar-refractivity contribution is 7.91. The van der Waals surface area contributed by atoms with Crippen LogP contribution in [0.1, 0.15) is 5.56 Å². The van der Waals surface area contributed by atoms with E-state index in [4.69, 9.17) is 9.15 Å². The fourth-order valence-corrected chi connectivity index (χ4v) is 4.25. The van der Waals surface area contributed by atoms with Gasteiger partial charge in [0, 0.05) is 12.1 Å².